The van der Waals surface area contributed by atoms with Gasteiger partial charge in [-0.2, -0.15) is 5.10 Å². The monoisotopic (exact) mass is 239 g/mol. The Balaban J connectivity index is 2.35. The fourth-order valence-corrected chi connectivity index (χ4v) is 1.71. The topological polar surface area (TPSA) is 40.7 Å². The number of nitrogens with one attached hydrogen (secondary N) is 2. The summed E-state index contributed by atoms with van der Waals surface area (Å²) in [5.41, 5.74) is 1.50. The summed E-state index contributed by atoms with van der Waals surface area (Å²) >= 11 is 5.94. The van der Waals surface area contributed by atoms with Gasteiger partial charge in [-0.15, -0.1) is 0 Å². The Bertz CT molecular complexity index is 496. The van der Waals surface area contributed by atoms with Gasteiger partial charge in [-0.25, -0.2) is 4.39 Å². The molecule has 0 saturated carbocycles. The third-order valence-electron chi connectivity index (χ3n) is 2.16. The van der Waals surface area contributed by atoms with Gasteiger partial charge >= 0.3 is 0 Å². The zero-order valence-corrected chi connectivity index (χ0v) is 9.48. The molecule has 0 aliphatic rings. The smallest absolute Gasteiger partial charge is 0.148 e. The van der Waals surface area contributed by atoms with Crippen LogP contribution in [-0.2, 0) is 0 Å². The van der Waals surface area contributed by atoms with Crippen molar-refractivity contribution in [2.45, 2.75) is 6.92 Å². The van der Waals surface area contributed by atoms with E-state index in [4.69, 9.17) is 11.6 Å². The summed E-state index contributed by atoms with van der Waals surface area (Å²) in [6.45, 7) is 2.78. The number of aromatic nitrogens is 2. The van der Waals surface area contributed by atoms with Crippen molar-refractivity contribution < 1.29 is 4.39 Å². The quantitative estimate of drug-likeness (QED) is 0.863. The molecule has 1 heterocycles. The van der Waals surface area contributed by atoms with Gasteiger partial charge in [-0.05, 0) is 25.1 Å². The van der Waals surface area contributed by atoms with Crippen LogP contribution in [0.25, 0.3) is 11.3 Å². The molecule has 0 bridgehead atoms. The van der Waals surface area contributed by atoms with Crippen molar-refractivity contribution in [2.24, 2.45) is 0 Å². The predicted octanol–water partition coefficient (Wildman–Crippen LogP) is 3.30. The summed E-state index contributed by atoms with van der Waals surface area (Å²) in [5.74, 6) is 0.401. The van der Waals surface area contributed by atoms with Crippen LogP contribution in [-0.4, -0.2) is 16.7 Å². The highest BCUT2D eigenvalue weighted by molar-refractivity contribution is 6.33. The van der Waals surface area contributed by atoms with Gasteiger partial charge in [0.1, 0.15) is 11.6 Å². The molecule has 0 aliphatic heterocycles. The van der Waals surface area contributed by atoms with E-state index in [-0.39, 0.29) is 5.82 Å². The highest BCUT2D eigenvalue weighted by Gasteiger charge is 2.07. The SMILES string of the molecule is CCNc1cc(-c2ccc(F)cc2Cl)[nH]n1. The number of rotatable bonds is 3. The minimum absolute atomic E-state index is 0.347. The van der Waals surface area contributed by atoms with E-state index in [1.54, 1.807) is 6.07 Å². The summed E-state index contributed by atoms with van der Waals surface area (Å²) in [6, 6.07) is 6.11. The van der Waals surface area contributed by atoms with E-state index >= 15 is 0 Å². The van der Waals surface area contributed by atoms with Crippen LogP contribution >= 0.6 is 11.6 Å². The van der Waals surface area contributed by atoms with Crippen molar-refractivity contribution in [3.63, 3.8) is 0 Å². The lowest BCUT2D eigenvalue weighted by molar-refractivity contribution is 0.628. The number of anilines is 1. The standard InChI is InChI=1S/C11H11ClFN3/c1-2-14-11-6-10(15-16-11)8-4-3-7(13)5-9(8)12/h3-6H,2H2,1H3,(H2,14,15,16). The van der Waals surface area contributed by atoms with Crippen molar-refractivity contribution >= 4 is 17.4 Å². The lowest BCUT2D eigenvalue weighted by Gasteiger charge is -2.00. The molecule has 0 saturated heterocycles. The molecule has 1 aromatic carbocycles. The van der Waals surface area contributed by atoms with E-state index in [1.807, 2.05) is 13.0 Å². The van der Waals surface area contributed by atoms with Crippen LogP contribution in [0.2, 0.25) is 5.02 Å². The predicted molar refractivity (Wildman–Crippen MR) is 63.2 cm³/mol. The van der Waals surface area contributed by atoms with E-state index in [0.717, 1.165) is 23.6 Å². The summed E-state index contributed by atoms with van der Waals surface area (Å²) in [4.78, 5) is 0. The van der Waals surface area contributed by atoms with Crippen molar-refractivity contribution in [1.82, 2.24) is 10.2 Å². The Labute approximate surface area is 97.6 Å². The minimum atomic E-state index is -0.347. The molecule has 84 valence electrons. The van der Waals surface area contributed by atoms with Gasteiger partial charge < -0.3 is 5.32 Å². The number of hydrogen-bond donors (Lipinski definition) is 2. The van der Waals surface area contributed by atoms with E-state index < -0.39 is 0 Å². The number of aromatic amines is 1. The molecule has 0 atom stereocenters. The van der Waals surface area contributed by atoms with Crippen LogP contribution in [0.15, 0.2) is 24.3 Å². The number of nitrogens with zero attached hydrogens (tertiary/aromatic N) is 1. The number of H-pyrrole nitrogens is 1. The molecule has 0 amide bonds. The highest BCUT2D eigenvalue weighted by atomic mass is 35.5. The van der Waals surface area contributed by atoms with Crippen molar-refractivity contribution in [3.05, 3.63) is 35.1 Å². The summed E-state index contributed by atoms with van der Waals surface area (Å²) in [7, 11) is 0. The van der Waals surface area contributed by atoms with Crippen molar-refractivity contribution in [2.75, 3.05) is 11.9 Å². The highest BCUT2D eigenvalue weighted by Crippen LogP contribution is 2.28. The van der Waals surface area contributed by atoms with Gasteiger partial charge in [0.2, 0.25) is 0 Å². The van der Waals surface area contributed by atoms with Crippen molar-refractivity contribution in [1.29, 1.82) is 0 Å². The fourth-order valence-electron chi connectivity index (χ4n) is 1.44. The van der Waals surface area contributed by atoms with Crippen LogP contribution < -0.4 is 5.32 Å². The maximum atomic E-state index is 12.9. The minimum Gasteiger partial charge on any atom is -0.369 e. The Kier molecular flexibility index (Phi) is 3.10. The van der Waals surface area contributed by atoms with Crippen LogP contribution in [0, 0.1) is 5.82 Å². The van der Waals surface area contributed by atoms with Gasteiger partial charge in [0.15, 0.2) is 0 Å². The molecule has 5 heteroatoms. The molecule has 2 N–H and O–H groups in total. The summed E-state index contributed by atoms with van der Waals surface area (Å²) < 4.78 is 12.9. The third kappa shape index (κ3) is 2.17. The van der Waals surface area contributed by atoms with Gasteiger partial charge in [0.25, 0.3) is 0 Å². The normalized spacial score (nSPS) is 10.4. The van der Waals surface area contributed by atoms with Crippen molar-refractivity contribution in [3.8, 4) is 11.3 Å². The molecule has 16 heavy (non-hydrogen) atoms. The molecule has 0 fully saturated rings. The summed E-state index contributed by atoms with van der Waals surface area (Å²) in [5, 5.41) is 10.3. The first-order valence-corrected chi connectivity index (χ1v) is 5.33. The second kappa shape index (κ2) is 4.53. The first-order valence-electron chi connectivity index (χ1n) is 4.95. The largest absolute Gasteiger partial charge is 0.369 e. The molecule has 1 aromatic heterocycles. The van der Waals surface area contributed by atoms with Crippen LogP contribution in [0.1, 0.15) is 6.92 Å². The molecule has 0 aliphatic carbocycles. The van der Waals surface area contributed by atoms with Crippen LogP contribution in [0.5, 0.6) is 0 Å². The van der Waals surface area contributed by atoms with Crippen LogP contribution in [0.3, 0.4) is 0 Å². The average molecular weight is 240 g/mol. The second-order valence-electron chi connectivity index (χ2n) is 3.32. The molecular formula is C11H11ClFN3. The molecule has 0 radical (unpaired) electrons. The van der Waals surface area contributed by atoms with E-state index in [9.17, 15) is 4.39 Å². The Hall–Kier alpha value is -1.55. The maximum Gasteiger partial charge on any atom is 0.148 e. The zero-order chi connectivity index (χ0) is 11.5. The molecule has 2 rings (SSSR count). The first-order chi connectivity index (χ1) is 7.70. The average Bonchev–Trinajstić information content (AvgIpc) is 2.67. The Morgan fingerprint density at radius 2 is 2.25 bits per heavy atom. The maximum absolute atomic E-state index is 12.9. The fraction of sp³-hybridized carbons (Fsp3) is 0.182. The lowest BCUT2D eigenvalue weighted by Crippen LogP contribution is -1.95. The van der Waals surface area contributed by atoms with E-state index in [1.165, 1.54) is 12.1 Å². The van der Waals surface area contributed by atoms with E-state index in [2.05, 4.69) is 15.5 Å². The Morgan fingerprint density at radius 3 is 2.94 bits per heavy atom. The molecule has 0 unspecified atom stereocenters. The molecule has 2 aromatic rings. The summed E-state index contributed by atoms with van der Waals surface area (Å²) in [6.07, 6.45) is 0. The first kappa shape index (κ1) is 11.0. The Morgan fingerprint density at radius 1 is 1.44 bits per heavy atom. The molecular weight excluding hydrogens is 229 g/mol. The number of halogens is 2. The van der Waals surface area contributed by atoms with E-state index in [0.29, 0.717) is 5.02 Å². The van der Waals surface area contributed by atoms with Gasteiger partial charge in [-0.3, -0.25) is 5.10 Å². The number of hydrogen-bond acceptors (Lipinski definition) is 2. The zero-order valence-electron chi connectivity index (χ0n) is 8.72. The van der Waals surface area contributed by atoms with Gasteiger partial charge in [-0.1, -0.05) is 11.6 Å². The second-order valence-corrected chi connectivity index (χ2v) is 3.73. The molecule has 0 spiro atoms. The van der Waals surface area contributed by atoms with Gasteiger partial charge in [0.05, 0.1) is 10.7 Å². The van der Waals surface area contributed by atoms with Gasteiger partial charge in [0, 0.05) is 18.2 Å². The lowest BCUT2D eigenvalue weighted by atomic mass is 10.1. The third-order valence-corrected chi connectivity index (χ3v) is 2.47. The number of benzene rings is 1. The molecule has 3 nitrogen and oxygen atoms in total. The van der Waals surface area contributed by atoms with Crippen LogP contribution in [0.4, 0.5) is 10.2 Å².